The molecule has 3 aromatic rings. The Kier molecular flexibility index (Phi) is 12.5. The van der Waals surface area contributed by atoms with Crippen molar-refractivity contribution in [2.24, 2.45) is 10.8 Å². The number of hydrogen-bond donors (Lipinski definition) is 1. The van der Waals surface area contributed by atoms with Crippen molar-refractivity contribution in [2.45, 2.75) is 88.0 Å². The second-order valence-electron chi connectivity index (χ2n) is 11.0. The van der Waals surface area contributed by atoms with Crippen molar-refractivity contribution in [3.63, 3.8) is 0 Å². The molecule has 1 aromatic carbocycles. The summed E-state index contributed by atoms with van der Waals surface area (Å²) in [5, 5.41) is 11.0. The van der Waals surface area contributed by atoms with Crippen LogP contribution in [-0.4, -0.2) is 30.4 Å². The zero-order chi connectivity index (χ0) is 27.3. The minimum absolute atomic E-state index is 0. The van der Waals surface area contributed by atoms with Crippen molar-refractivity contribution in [2.75, 3.05) is 0 Å². The van der Waals surface area contributed by atoms with Gasteiger partial charge in [0.2, 0.25) is 0 Å². The second kappa shape index (κ2) is 13.9. The number of nitrogens with zero attached hydrogens (tertiary/aromatic N) is 1. The third-order valence-corrected chi connectivity index (χ3v) is 8.85. The minimum atomic E-state index is -0.377. The smallest absolute Gasteiger partial charge is 0 e. The topological polar surface area (TPSA) is 59.4 Å². The van der Waals surface area contributed by atoms with Crippen LogP contribution in [0.25, 0.3) is 9.65 Å². The van der Waals surface area contributed by atoms with Gasteiger partial charge in [-0.05, 0) is 12.8 Å². The SMILES string of the molecule is CCC(C)(C)C(=O)/C=C(\O)C(C)(C)CC.Cc1[c-]c(Oc2nccc3[se]cc(C(C)C)c23)cc(C)c1.[Ir]. The van der Waals surface area contributed by atoms with Gasteiger partial charge in [-0.2, -0.15) is 0 Å². The van der Waals surface area contributed by atoms with Gasteiger partial charge in [0.05, 0.1) is 0 Å². The number of hydrogen-bond acceptors (Lipinski definition) is 4. The molecule has 4 nitrogen and oxygen atoms in total. The predicted molar refractivity (Wildman–Crippen MR) is 151 cm³/mol. The van der Waals surface area contributed by atoms with Crippen LogP contribution in [0.15, 0.2) is 41.2 Å². The number of aliphatic hydroxyl groups is 1. The van der Waals surface area contributed by atoms with Crippen molar-refractivity contribution in [1.82, 2.24) is 4.98 Å². The van der Waals surface area contributed by atoms with Gasteiger partial charge in [-0.1, -0.05) is 41.5 Å². The first-order chi connectivity index (χ1) is 16.7. The Morgan fingerprint density at radius 2 is 1.76 bits per heavy atom. The Hall–Kier alpha value is -1.71. The molecule has 0 saturated carbocycles. The van der Waals surface area contributed by atoms with Crippen LogP contribution in [-0.2, 0) is 24.9 Å². The third kappa shape index (κ3) is 8.92. The number of ketones is 1. The van der Waals surface area contributed by atoms with E-state index >= 15 is 0 Å². The molecule has 0 aliphatic rings. The largest absolute Gasteiger partial charge is 0 e. The van der Waals surface area contributed by atoms with E-state index in [-0.39, 0.29) is 42.5 Å². The van der Waals surface area contributed by atoms with Gasteiger partial charge in [0.25, 0.3) is 0 Å². The fraction of sp³-hybridized carbons (Fsp3) is 0.484. The maximum Gasteiger partial charge on any atom is 0 e. The van der Waals surface area contributed by atoms with E-state index in [0.29, 0.717) is 26.3 Å². The average Bonchev–Trinajstić information content (AvgIpc) is 3.24. The fourth-order valence-corrected chi connectivity index (χ4v) is 5.69. The summed E-state index contributed by atoms with van der Waals surface area (Å²) >= 11 is 0.391. The molecular formula is C31H42IrNO3Se-. The Labute approximate surface area is 243 Å². The normalized spacial score (nSPS) is 12.1. The van der Waals surface area contributed by atoms with Crippen LogP contribution >= 0.6 is 0 Å². The molecule has 1 N–H and O–H groups in total. The number of carbonyl (C=O) groups excluding carboxylic acids is 1. The standard InChI is InChI=1S/C18H18NOSe.C13H24O2.Ir/c1-11(2)15-10-21-16-5-6-19-18(17(15)16)20-14-8-12(3)7-13(4)9-14;1-7-12(3,4)10(14)9-11(15)13(5,6)8-2;/h5-8,10-11H,1-4H3;9,14H,7-8H2,1-6H3;/q-1;;/b;10-9-;. The summed E-state index contributed by atoms with van der Waals surface area (Å²) in [6, 6.07) is 9.47. The van der Waals surface area contributed by atoms with E-state index in [2.05, 4.69) is 48.9 Å². The molecule has 0 bridgehead atoms. The molecule has 0 fully saturated rings. The van der Waals surface area contributed by atoms with Gasteiger partial charge in [0, 0.05) is 37.0 Å². The van der Waals surface area contributed by atoms with Crippen LogP contribution < -0.4 is 4.74 Å². The number of allylic oxidation sites excluding steroid dienone is 2. The van der Waals surface area contributed by atoms with E-state index in [1.54, 1.807) is 0 Å². The summed E-state index contributed by atoms with van der Waals surface area (Å²) in [5.74, 6) is 2.15. The van der Waals surface area contributed by atoms with Crippen molar-refractivity contribution in [1.29, 1.82) is 0 Å². The Morgan fingerprint density at radius 3 is 2.30 bits per heavy atom. The number of ether oxygens (including phenoxy) is 1. The van der Waals surface area contributed by atoms with Crippen LogP contribution in [0.5, 0.6) is 11.6 Å². The Morgan fingerprint density at radius 1 is 1.14 bits per heavy atom. The van der Waals surface area contributed by atoms with Crippen LogP contribution in [0, 0.1) is 30.7 Å². The van der Waals surface area contributed by atoms with Crippen LogP contribution in [0.1, 0.15) is 90.8 Å². The van der Waals surface area contributed by atoms with E-state index in [9.17, 15) is 9.90 Å². The Bertz CT molecular complexity index is 1200. The van der Waals surface area contributed by atoms with Crippen molar-refractivity contribution >= 4 is 29.9 Å². The minimum Gasteiger partial charge on any atom is 0 e. The Balaban J connectivity index is 0.000000384. The summed E-state index contributed by atoms with van der Waals surface area (Å²) in [6.45, 7) is 20.2. The molecule has 37 heavy (non-hydrogen) atoms. The molecule has 0 aliphatic carbocycles. The summed E-state index contributed by atoms with van der Waals surface area (Å²) in [4.78, 5) is 18.6. The molecule has 0 saturated heterocycles. The number of benzene rings is 1. The van der Waals surface area contributed by atoms with Gasteiger partial charge < -0.3 is 5.11 Å². The van der Waals surface area contributed by atoms with E-state index in [0.717, 1.165) is 24.2 Å². The summed E-state index contributed by atoms with van der Waals surface area (Å²) < 4.78 is 7.43. The number of aliphatic hydroxyl groups excluding tert-OH is 1. The second-order valence-corrected chi connectivity index (χ2v) is 12.9. The van der Waals surface area contributed by atoms with Crippen molar-refractivity contribution in [3.05, 3.63) is 63.9 Å². The molecule has 3 rings (SSSR count). The zero-order valence-electron chi connectivity index (χ0n) is 23.9. The maximum absolute atomic E-state index is 11.8. The monoisotopic (exact) mass is 749 g/mol. The molecule has 1 radical (unpaired) electrons. The zero-order valence-corrected chi connectivity index (χ0v) is 28.0. The molecule has 2 heterocycles. The summed E-state index contributed by atoms with van der Waals surface area (Å²) in [5.41, 5.74) is 2.94. The summed E-state index contributed by atoms with van der Waals surface area (Å²) in [6.07, 6.45) is 4.83. The number of aryl methyl sites for hydroxylation is 2. The van der Waals surface area contributed by atoms with Crippen LogP contribution in [0.2, 0.25) is 0 Å². The third-order valence-electron chi connectivity index (χ3n) is 6.83. The molecule has 0 atom stereocenters. The van der Waals surface area contributed by atoms with Gasteiger partial charge in [-0.25, -0.2) is 0 Å². The quantitative estimate of drug-likeness (QED) is 0.109. The van der Waals surface area contributed by atoms with Gasteiger partial charge in [0.15, 0.2) is 5.78 Å². The molecule has 205 valence electrons. The molecule has 0 unspecified atom stereocenters. The van der Waals surface area contributed by atoms with E-state index < -0.39 is 0 Å². The van der Waals surface area contributed by atoms with Crippen molar-refractivity contribution in [3.8, 4) is 11.6 Å². The van der Waals surface area contributed by atoms with E-state index in [4.69, 9.17) is 4.74 Å². The number of fused-ring (bicyclic) bond motifs is 1. The van der Waals surface area contributed by atoms with Gasteiger partial charge in [-0.15, -0.1) is 0 Å². The first-order valence-electron chi connectivity index (χ1n) is 12.7. The number of carbonyl (C=O) groups is 1. The van der Waals surface area contributed by atoms with Crippen molar-refractivity contribution < 1.29 is 34.7 Å². The van der Waals surface area contributed by atoms with E-state index in [1.165, 1.54) is 26.8 Å². The van der Waals surface area contributed by atoms with E-state index in [1.807, 2.05) is 60.7 Å². The molecule has 6 heteroatoms. The molecular weight excluding hydrogens is 706 g/mol. The number of rotatable bonds is 8. The van der Waals surface area contributed by atoms with Gasteiger partial charge >= 0.3 is 131 Å². The number of pyridine rings is 1. The maximum atomic E-state index is 11.8. The average molecular weight is 748 g/mol. The van der Waals surface area contributed by atoms with Gasteiger partial charge in [0.1, 0.15) is 5.76 Å². The molecule has 0 aliphatic heterocycles. The fourth-order valence-electron chi connectivity index (χ4n) is 3.36. The van der Waals surface area contributed by atoms with Crippen LogP contribution in [0.3, 0.4) is 0 Å². The van der Waals surface area contributed by atoms with Gasteiger partial charge in [-0.3, -0.25) is 4.79 Å². The molecule has 0 amide bonds. The predicted octanol–water partition coefficient (Wildman–Crippen LogP) is 8.49. The first-order valence-corrected chi connectivity index (χ1v) is 14.6. The number of aromatic nitrogens is 1. The summed E-state index contributed by atoms with van der Waals surface area (Å²) in [7, 11) is 0. The first kappa shape index (κ1) is 33.3. The molecule has 0 spiro atoms. The molecule has 2 aromatic heterocycles. The van der Waals surface area contributed by atoms with Crippen LogP contribution in [0.4, 0.5) is 0 Å².